The predicted molar refractivity (Wildman–Crippen MR) is 77.6 cm³/mol. The lowest BCUT2D eigenvalue weighted by Crippen LogP contribution is -2.05. The van der Waals surface area contributed by atoms with Crippen LogP contribution in [0, 0.1) is 6.92 Å². The van der Waals surface area contributed by atoms with Crippen LogP contribution in [0.3, 0.4) is 0 Å². The average Bonchev–Trinajstić information content (AvgIpc) is 2.81. The smallest absolute Gasteiger partial charge is 0.154 e. The third-order valence-corrected chi connectivity index (χ3v) is 3.35. The topological polar surface area (TPSA) is 65.4 Å². The first kappa shape index (κ1) is 12.6. The van der Waals surface area contributed by atoms with E-state index in [0.717, 1.165) is 34.0 Å². The molecule has 2 aromatic heterocycles. The van der Waals surface area contributed by atoms with Gasteiger partial charge in [0.05, 0.1) is 24.2 Å². The van der Waals surface area contributed by atoms with Crippen molar-refractivity contribution in [3.63, 3.8) is 0 Å². The molecule has 1 aromatic carbocycles. The number of nitrogens with two attached hydrogens (primary N) is 1. The van der Waals surface area contributed by atoms with E-state index in [4.69, 9.17) is 10.5 Å². The lowest BCUT2D eigenvalue weighted by molar-refractivity contribution is 0.415. The summed E-state index contributed by atoms with van der Waals surface area (Å²) in [5.74, 6) is 0.830. The monoisotopic (exact) mass is 268 g/mol. The Morgan fingerprint density at radius 2 is 1.90 bits per heavy atom. The molecular weight excluding hydrogens is 252 g/mol. The maximum absolute atomic E-state index is 5.77. The molecule has 0 atom stereocenters. The van der Waals surface area contributed by atoms with Crippen LogP contribution in [0.5, 0.6) is 5.75 Å². The zero-order valence-electron chi connectivity index (χ0n) is 11.5. The van der Waals surface area contributed by atoms with Crippen molar-refractivity contribution in [2.75, 3.05) is 7.11 Å². The summed E-state index contributed by atoms with van der Waals surface area (Å²) in [5, 5.41) is 4.63. The van der Waals surface area contributed by atoms with Crippen molar-refractivity contribution >= 4 is 5.65 Å². The van der Waals surface area contributed by atoms with E-state index in [1.165, 1.54) is 0 Å². The van der Waals surface area contributed by atoms with Crippen LogP contribution in [-0.2, 0) is 6.54 Å². The van der Waals surface area contributed by atoms with Crippen LogP contribution < -0.4 is 10.5 Å². The molecule has 3 rings (SSSR count). The van der Waals surface area contributed by atoms with E-state index < -0.39 is 0 Å². The molecule has 0 fully saturated rings. The van der Waals surface area contributed by atoms with Gasteiger partial charge in [0.15, 0.2) is 5.65 Å². The van der Waals surface area contributed by atoms with Crippen molar-refractivity contribution in [1.82, 2.24) is 14.6 Å². The summed E-state index contributed by atoms with van der Waals surface area (Å²) in [7, 11) is 1.65. The molecule has 102 valence electrons. The largest absolute Gasteiger partial charge is 0.497 e. The summed E-state index contributed by atoms with van der Waals surface area (Å²) in [4.78, 5) is 4.45. The summed E-state index contributed by atoms with van der Waals surface area (Å²) >= 11 is 0. The van der Waals surface area contributed by atoms with E-state index in [1.54, 1.807) is 7.11 Å². The molecule has 2 N–H and O–H groups in total. The second kappa shape index (κ2) is 4.94. The molecule has 0 saturated carbocycles. The van der Waals surface area contributed by atoms with E-state index in [-0.39, 0.29) is 0 Å². The normalized spacial score (nSPS) is 10.9. The molecule has 0 aliphatic heterocycles. The zero-order chi connectivity index (χ0) is 14.1. The van der Waals surface area contributed by atoms with Crippen molar-refractivity contribution < 1.29 is 4.74 Å². The van der Waals surface area contributed by atoms with Gasteiger partial charge in [-0.05, 0) is 43.3 Å². The van der Waals surface area contributed by atoms with Crippen molar-refractivity contribution in [2.45, 2.75) is 13.5 Å². The number of aromatic nitrogens is 3. The molecule has 0 bridgehead atoms. The molecule has 0 unspecified atom stereocenters. The fourth-order valence-electron chi connectivity index (χ4n) is 2.24. The first-order valence-corrected chi connectivity index (χ1v) is 6.42. The standard InChI is InChI=1S/C15H16N4O/c1-10-14(9-16)19-15(17-10)8-7-13(18-19)11-3-5-12(20-2)6-4-11/h3-8H,9,16H2,1-2H3. The Kier molecular flexibility index (Phi) is 3.12. The summed E-state index contributed by atoms with van der Waals surface area (Å²) in [6, 6.07) is 11.7. The van der Waals surface area contributed by atoms with Gasteiger partial charge >= 0.3 is 0 Å². The predicted octanol–water partition coefficient (Wildman–Crippen LogP) is 2.17. The van der Waals surface area contributed by atoms with Crippen LogP contribution in [0.2, 0.25) is 0 Å². The molecule has 0 aliphatic carbocycles. The second-order valence-corrected chi connectivity index (χ2v) is 4.57. The zero-order valence-corrected chi connectivity index (χ0v) is 11.5. The van der Waals surface area contributed by atoms with Crippen molar-refractivity contribution in [2.24, 2.45) is 5.73 Å². The first-order valence-electron chi connectivity index (χ1n) is 6.42. The number of benzene rings is 1. The van der Waals surface area contributed by atoms with Gasteiger partial charge in [-0.25, -0.2) is 9.50 Å². The lowest BCUT2D eigenvalue weighted by atomic mass is 10.1. The fraction of sp³-hybridized carbons (Fsp3) is 0.200. The van der Waals surface area contributed by atoms with E-state index >= 15 is 0 Å². The van der Waals surface area contributed by atoms with Crippen LogP contribution >= 0.6 is 0 Å². The van der Waals surface area contributed by atoms with Gasteiger partial charge in [-0.2, -0.15) is 5.10 Å². The number of fused-ring (bicyclic) bond motifs is 1. The minimum Gasteiger partial charge on any atom is -0.497 e. The maximum atomic E-state index is 5.77. The maximum Gasteiger partial charge on any atom is 0.154 e. The van der Waals surface area contributed by atoms with Crippen LogP contribution in [-0.4, -0.2) is 21.7 Å². The average molecular weight is 268 g/mol. The molecule has 2 heterocycles. The SMILES string of the molecule is COc1ccc(-c2ccc3nc(C)c(CN)n3n2)cc1. The molecule has 0 aliphatic rings. The molecule has 5 nitrogen and oxygen atoms in total. The van der Waals surface area contributed by atoms with Gasteiger partial charge in [-0.3, -0.25) is 0 Å². The quantitative estimate of drug-likeness (QED) is 0.790. The summed E-state index contributed by atoms with van der Waals surface area (Å²) < 4.78 is 6.98. The minimum atomic E-state index is 0.423. The van der Waals surface area contributed by atoms with Gasteiger partial charge in [0.25, 0.3) is 0 Å². The van der Waals surface area contributed by atoms with E-state index in [0.29, 0.717) is 6.54 Å². The molecular formula is C15H16N4O. The Morgan fingerprint density at radius 3 is 2.55 bits per heavy atom. The van der Waals surface area contributed by atoms with Crippen LogP contribution in [0.1, 0.15) is 11.4 Å². The van der Waals surface area contributed by atoms with E-state index in [2.05, 4.69) is 10.1 Å². The van der Waals surface area contributed by atoms with E-state index in [1.807, 2.05) is 47.8 Å². The Labute approximate surface area is 117 Å². The molecule has 0 spiro atoms. The lowest BCUT2D eigenvalue weighted by Gasteiger charge is -2.05. The third kappa shape index (κ3) is 2.02. The highest BCUT2D eigenvalue weighted by Gasteiger charge is 2.09. The highest BCUT2D eigenvalue weighted by atomic mass is 16.5. The second-order valence-electron chi connectivity index (χ2n) is 4.57. The number of rotatable bonds is 3. The van der Waals surface area contributed by atoms with Crippen LogP contribution in [0.4, 0.5) is 0 Å². The Bertz CT molecular complexity index is 746. The highest BCUT2D eigenvalue weighted by Crippen LogP contribution is 2.21. The van der Waals surface area contributed by atoms with Gasteiger partial charge in [0, 0.05) is 12.1 Å². The molecule has 3 aromatic rings. The van der Waals surface area contributed by atoms with E-state index in [9.17, 15) is 0 Å². The Hall–Kier alpha value is -2.40. The van der Waals surface area contributed by atoms with Crippen LogP contribution in [0.25, 0.3) is 16.9 Å². The van der Waals surface area contributed by atoms with Gasteiger partial charge in [-0.1, -0.05) is 0 Å². The molecule has 0 radical (unpaired) electrons. The number of hydrogen-bond donors (Lipinski definition) is 1. The van der Waals surface area contributed by atoms with Crippen molar-refractivity contribution in [3.05, 3.63) is 47.8 Å². The number of imidazole rings is 1. The summed E-state index contributed by atoms with van der Waals surface area (Å²) in [6.45, 7) is 2.37. The highest BCUT2D eigenvalue weighted by molar-refractivity contribution is 5.61. The molecule has 0 saturated heterocycles. The molecule has 5 heteroatoms. The fourth-order valence-corrected chi connectivity index (χ4v) is 2.24. The third-order valence-electron chi connectivity index (χ3n) is 3.35. The van der Waals surface area contributed by atoms with Gasteiger partial charge in [0.2, 0.25) is 0 Å². The molecule has 20 heavy (non-hydrogen) atoms. The van der Waals surface area contributed by atoms with Gasteiger partial charge in [0.1, 0.15) is 5.75 Å². The number of hydrogen-bond acceptors (Lipinski definition) is 4. The van der Waals surface area contributed by atoms with Crippen molar-refractivity contribution in [3.8, 4) is 17.0 Å². The summed E-state index contributed by atoms with van der Waals surface area (Å²) in [6.07, 6.45) is 0. The number of nitrogens with zero attached hydrogens (tertiary/aromatic N) is 3. The Balaban J connectivity index is 2.11. The van der Waals surface area contributed by atoms with Crippen LogP contribution in [0.15, 0.2) is 36.4 Å². The number of methoxy groups -OCH3 is 1. The minimum absolute atomic E-state index is 0.423. The summed E-state index contributed by atoms with van der Waals surface area (Å²) in [5.41, 5.74) is 10.4. The number of aryl methyl sites for hydroxylation is 1. The molecule has 0 amide bonds. The Morgan fingerprint density at radius 1 is 1.15 bits per heavy atom. The van der Waals surface area contributed by atoms with Gasteiger partial charge < -0.3 is 10.5 Å². The van der Waals surface area contributed by atoms with Gasteiger partial charge in [-0.15, -0.1) is 0 Å². The first-order chi connectivity index (χ1) is 9.72. The number of ether oxygens (including phenoxy) is 1. The van der Waals surface area contributed by atoms with Crippen molar-refractivity contribution in [1.29, 1.82) is 0 Å².